The van der Waals surface area contributed by atoms with Crippen LogP contribution >= 0.6 is 31.9 Å². The van der Waals surface area contributed by atoms with Crippen molar-refractivity contribution >= 4 is 37.6 Å². The fourth-order valence-corrected chi connectivity index (χ4v) is 2.71. The Balaban J connectivity index is 2.33. The van der Waals surface area contributed by atoms with Crippen molar-refractivity contribution in [1.29, 1.82) is 0 Å². The first kappa shape index (κ1) is 15.3. The Labute approximate surface area is 130 Å². The minimum absolute atomic E-state index is 0.206. The fourth-order valence-electron chi connectivity index (χ4n) is 1.80. The van der Waals surface area contributed by atoms with Crippen molar-refractivity contribution < 1.29 is 18.0 Å². The van der Waals surface area contributed by atoms with E-state index in [0.717, 1.165) is 18.2 Å². The predicted molar refractivity (Wildman–Crippen MR) is 76.2 cm³/mol. The molecule has 0 N–H and O–H groups in total. The van der Waals surface area contributed by atoms with Crippen LogP contribution in [0.2, 0.25) is 0 Å². The van der Waals surface area contributed by atoms with Crippen molar-refractivity contribution in [2.75, 3.05) is 0 Å². The average molecular weight is 408 g/mol. The zero-order valence-electron chi connectivity index (χ0n) is 9.89. The van der Waals surface area contributed by atoms with Crippen LogP contribution in [0.15, 0.2) is 39.3 Å². The Morgan fingerprint density at radius 3 is 2.00 bits per heavy atom. The third-order valence-corrected chi connectivity index (χ3v) is 3.49. The van der Waals surface area contributed by atoms with E-state index < -0.39 is 28.8 Å². The molecule has 0 bridgehead atoms. The first-order chi connectivity index (χ1) is 9.36. The lowest BCUT2D eigenvalue weighted by molar-refractivity contribution is 0.0985. The number of carbonyl (C=O) groups excluding carboxylic acids is 1. The largest absolute Gasteiger partial charge is 0.294 e. The summed E-state index contributed by atoms with van der Waals surface area (Å²) in [5.74, 6) is -3.17. The molecule has 2 aromatic rings. The Bertz CT molecular complexity index is 643. The molecule has 0 aliphatic heterocycles. The van der Waals surface area contributed by atoms with Gasteiger partial charge in [0.1, 0.15) is 17.5 Å². The molecule has 0 fully saturated rings. The normalized spacial score (nSPS) is 10.7. The van der Waals surface area contributed by atoms with Crippen molar-refractivity contribution in [2.24, 2.45) is 0 Å². The highest BCUT2D eigenvalue weighted by molar-refractivity contribution is 9.10. The predicted octanol–water partition coefficient (Wildman–Crippen LogP) is 5.05. The van der Waals surface area contributed by atoms with E-state index in [1.54, 1.807) is 0 Å². The molecule has 0 aliphatic carbocycles. The van der Waals surface area contributed by atoms with E-state index in [-0.39, 0.29) is 10.9 Å². The number of ketones is 1. The van der Waals surface area contributed by atoms with Crippen LogP contribution in [0.1, 0.15) is 15.9 Å². The van der Waals surface area contributed by atoms with Gasteiger partial charge in [-0.25, -0.2) is 13.2 Å². The number of Topliss-reactive ketones (excluding diaryl/α,β-unsaturated/α-hetero) is 1. The van der Waals surface area contributed by atoms with Gasteiger partial charge in [-0.3, -0.25) is 4.79 Å². The van der Waals surface area contributed by atoms with Crippen molar-refractivity contribution in [1.82, 2.24) is 0 Å². The maximum atomic E-state index is 13.6. The molecule has 2 aromatic carbocycles. The number of hydrogen-bond acceptors (Lipinski definition) is 1. The zero-order chi connectivity index (χ0) is 14.9. The second kappa shape index (κ2) is 6.10. The summed E-state index contributed by atoms with van der Waals surface area (Å²) in [7, 11) is 0. The van der Waals surface area contributed by atoms with E-state index in [1.165, 1.54) is 12.1 Å². The van der Waals surface area contributed by atoms with Crippen molar-refractivity contribution in [2.45, 2.75) is 6.42 Å². The summed E-state index contributed by atoms with van der Waals surface area (Å²) in [5, 5.41) is 0. The summed E-state index contributed by atoms with van der Waals surface area (Å²) in [6.07, 6.45) is -0.286. The summed E-state index contributed by atoms with van der Waals surface area (Å²) in [6, 6.07) is 5.93. The van der Waals surface area contributed by atoms with Crippen molar-refractivity contribution in [3.05, 3.63) is 67.9 Å². The van der Waals surface area contributed by atoms with E-state index in [4.69, 9.17) is 0 Å². The van der Waals surface area contributed by atoms with Crippen LogP contribution in [0.5, 0.6) is 0 Å². The van der Waals surface area contributed by atoms with Crippen LogP contribution in [0.4, 0.5) is 13.2 Å². The van der Waals surface area contributed by atoms with Crippen LogP contribution in [0.3, 0.4) is 0 Å². The summed E-state index contributed by atoms with van der Waals surface area (Å²) in [6.45, 7) is 0. The van der Waals surface area contributed by atoms with E-state index in [9.17, 15) is 18.0 Å². The van der Waals surface area contributed by atoms with Gasteiger partial charge in [0.15, 0.2) is 5.78 Å². The van der Waals surface area contributed by atoms with Crippen molar-refractivity contribution in [3.8, 4) is 0 Å². The first-order valence-corrected chi connectivity index (χ1v) is 7.08. The van der Waals surface area contributed by atoms with Gasteiger partial charge in [0.25, 0.3) is 0 Å². The molecule has 0 unspecified atom stereocenters. The molecule has 0 aromatic heterocycles. The average Bonchev–Trinajstić information content (AvgIpc) is 2.25. The molecule has 0 aliphatic rings. The summed E-state index contributed by atoms with van der Waals surface area (Å²) >= 11 is 6.03. The smallest absolute Gasteiger partial charge is 0.173 e. The molecule has 0 heterocycles. The van der Waals surface area contributed by atoms with Gasteiger partial charge in [-0.15, -0.1) is 0 Å². The Hall–Kier alpha value is -1.14. The molecular weight excluding hydrogens is 401 g/mol. The van der Waals surface area contributed by atoms with Gasteiger partial charge >= 0.3 is 0 Å². The van der Waals surface area contributed by atoms with Gasteiger partial charge in [-0.2, -0.15) is 0 Å². The molecule has 0 atom stereocenters. The van der Waals surface area contributed by atoms with Gasteiger partial charge in [0.05, 0.1) is 5.56 Å². The number of carbonyl (C=O) groups is 1. The second-order valence-corrected chi connectivity index (χ2v) is 5.95. The number of rotatable bonds is 3. The first-order valence-electron chi connectivity index (χ1n) is 5.49. The number of benzene rings is 2. The van der Waals surface area contributed by atoms with Gasteiger partial charge in [-0.05, 0) is 35.9 Å². The van der Waals surface area contributed by atoms with Crippen LogP contribution in [0, 0.1) is 17.5 Å². The van der Waals surface area contributed by atoms with E-state index in [1.807, 2.05) is 0 Å². The standard InChI is InChI=1S/C14H7Br2F3O/c15-8-1-7(2-10(17)4-8)3-13(20)14-11(18)5-9(16)6-12(14)19/h1-2,4-6H,3H2. The van der Waals surface area contributed by atoms with E-state index >= 15 is 0 Å². The fraction of sp³-hybridized carbons (Fsp3) is 0.0714. The lowest BCUT2D eigenvalue weighted by atomic mass is 10.0. The topological polar surface area (TPSA) is 17.1 Å². The summed E-state index contributed by atoms with van der Waals surface area (Å²) in [4.78, 5) is 12.0. The van der Waals surface area contributed by atoms with Crippen LogP contribution in [0.25, 0.3) is 0 Å². The van der Waals surface area contributed by atoms with Gasteiger partial charge in [-0.1, -0.05) is 31.9 Å². The van der Waals surface area contributed by atoms with Gasteiger partial charge in [0, 0.05) is 15.4 Å². The van der Waals surface area contributed by atoms with Crippen LogP contribution < -0.4 is 0 Å². The second-order valence-electron chi connectivity index (χ2n) is 4.12. The molecule has 0 spiro atoms. The Morgan fingerprint density at radius 1 is 0.900 bits per heavy atom. The highest BCUT2D eigenvalue weighted by Crippen LogP contribution is 2.22. The molecule has 2 rings (SSSR count). The number of halogens is 5. The monoisotopic (exact) mass is 406 g/mol. The van der Waals surface area contributed by atoms with Gasteiger partial charge in [0.2, 0.25) is 0 Å². The summed E-state index contributed by atoms with van der Waals surface area (Å²) < 4.78 is 41.2. The maximum Gasteiger partial charge on any atom is 0.173 e. The third-order valence-electron chi connectivity index (χ3n) is 2.57. The van der Waals surface area contributed by atoms with Crippen LogP contribution in [-0.4, -0.2) is 5.78 Å². The lowest BCUT2D eigenvalue weighted by Crippen LogP contribution is -2.09. The van der Waals surface area contributed by atoms with E-state index in [0.29, 0.717) is 10.0 Å². The molecule has 20 heavy (non-hydrogen) atoms. The maximum absolute atomic E-state index is 13.6. The Kier molecular flexibility index (Phi) is 4.65. The lowest BCUT2D eigenvalue weighted by Gasteiger charge is -2.06. The molecule has 0 amide bonds. The molecular formula is C14H7Br2F3O. The minimum atomic E-state index is -0.947. The van der Waals surface area contributed by atoms with Crippen LogP contribution in [-0.2, 0) is 6.42 Å². The minimum Gasteiger partial charge on any atom is -0.294 e. The highest BCUT2D eigenvalue weighted by Gasteiger charge is 2.19. The molecule has 1 nitrogen and oxygen atoms in total. The van der Waals surface area contributed by atoms with E-state index in [2.05, 4.69) is 31.9 Å². The molecule has 0 saturated carbocycles. The van der Waals surface area contributed by atoms with Gasteiger partial charge < -0.3 is 0 Å². The molecule has 0 radical (unpaired) electrons. The quantitative estimate of drug-likeness (QED) is 0.650. The molecule has 6 heteroatoms. The summed E-state index contributed by atoms with van der Waals surface area (Å²) in [5.41, 5.74) is -0.280. The zero-order valence-corrected chi connectivity index (χ0v) is 13.1. The molecule has 104 valence electrons. The highest BCUT2D eigenvalue weighted by atomic mass is 79.9. The van der Waals surface area contributed by atoms with Crippen molar-refractivity contribution in [3.63, 3.8) is 0 Å². The SMILES string of the molecule is O=C(Cc1cc(F)cc(Br)c1)c1c(F)cc(Br)cc1F. The molecule has 0 saturated heterocycles. The number of hydrogen-bond donors (Lipinski definition) is 0. The third kappa shape index (κ3) is 3.49. The Morgan fingerprint density at radius 2 is 1.45 bits per heavy atom.